The van der Waals surface area contributed by atoms with Crippen LogP contribution in [0, 0.1) is 0 Å². The van der Waals surface area contributed by atoms with Crippen LogP contribution >= 0.6 is 0 Å². The zero-order chi connectivity index (χ0) is 13.1. The average molecular weight is 250 g/mol. The van der Waals surface area contributed by atoms with Crippen LogP contribution in [0.2, 0.25) is 0 Å². The molecule has 1 unspecified atom stereocenters. The van der Waals surface area contributed by atoms with E-state index in [4.69, 9.17) is 9.72 Å². The van der Waals surface area contributed by atoms with Crippen molar-refractivity contribution in [3.8, 4) is 0 Å². The van der Waals surface area contributed by atoms with Crippen molar-refractivity contribution in [3.05, 3.63) is 23.4 Å². The number of pyridine rings is 1. The van der Waals surface area contributed by atoms with Crippen LogP contribution in [0.5, 0.6) is 0 Å². The third-order valence-electron chi connectivity index (χ3n) is 3.33. The van der Waals surface area contributed by atoms with Crippen LogP contribution in [0.25, 0.3) is 0 Å². The summed E-state index contributed by atoms with van der Waals surface area (Å²) in [6, 6.07) is 4.30. The van der Waals surface area contributed by atoms with Crippen LogP contribution in [-0.4, -0.2) is 35.9 Å². The number of aliphatic hydroxyl groups excluding tert-OH is 1. The van der Waals surface area contributed by atoms with Crippen molar-refractivity contribution in [1.82, 2.24) is 4.98 Å². The van der Waals surface area contributed by atoms with Crippen LogP contribution in [0.1, 0.15) is 37.9 Å². The first-order valence-corrected chi connectivity index (χ1v) is 6.58. The van der Waals surface area contributed by atoms with Gasteiger partial charge in [0.2, 0.25) is 0 Å². The van der Waals surface area contributed by atoms with Gasteiger partial charge in [0.1, 0.15) is 5.82 Å². The molecule has 0 aliphatic carbocycles. The van der Waals surface area contributed by atoms with Crippen LogP contribution in [-0.2, 0) is 11.3 Å². The minimum absolute atomic E-state index is 0.0635. The lowest BCUT2D eigenvalue weighted by Gasteiger charge is -2.34. The van der Waals surface area contributed by atoms with E-state index in [9.17, 15) is 5.11 Å². The van der Waals surface area contributed by atoms with Gasteiger partial charge in [-0.25, -0.2) is 4.98 Å². The maximum atomic E-state index is 9.36. The lowest BCUT2D eigenvalue weighted by Crippen LogP contribution is -2.44. The molecule has 2 rings (SSSR count). The van der Waals surface area contributed by atoms with Crippen molar-refractivity contribution in [1.29, 1.82) is 0 Å². The molecule has 4 heteroatoms. The summed E-state index contributed by atoms with van der Waals surface area (Å²) in [4.78, 5) is 6.97. The smallest absolute Gasteiger partial charge is 0.129 e. The quantitative estimate of drug-likeness (QED) is 0.890. The van der Waals surface area contributed by atoms with E-state index in [1.165, 1.54) is 0 Å². The van der Waals surface area contributed by atoms with E-state index in [2.05, 4.69) is 25.7 Å². The number of morpholine rings is 1. The van der Waals surface area contributed by atoms with Crippen molar-refractivity contribution in [2.24, 2.45) is 0 Å². The highest BCUT2D eigenvalue weighted by Crippen LogP contribution is 2.23. The number of hydrogen-bond donors (Lipinski definition) is 1. The van der Waals surface area contributed by atoms with Crippen LogP contribution < -0.4 is 4.90 Å². The van der Waals surface area contributed by atoms with Crippen LogP contribution in [0.3, 0.4) is 0 Å². The lowest BCUT2D eigenvalue weighted by molar-refractivity contribution is 0.0985. The van der Waals surface area contributed by atoms with Crippen molar-refractivity contribution in [2.45, 2.75) is 39.3 Å². The third-order valence-corrected chi connectivity index (χ3v) is 3.33. The maximum Gasteiger partial charge on any atom is 0.129 e. The van der Waals surface area contributed by atoms with Gasteiger partial charge in [-0.2, -0.15) is 0 Å². The third kappa shape index (κ3) is 2.82. The van der Waals surface area contributed by atoms with Gasteiger partial charge in [-0.3, -0.25) is 0 Å². The minimum atomic E-state index is 0.0635. The number of aliphatic hydroxyl groups is 1. The first-order valence-electron chi connectivity index (χ1n) is 6.58. The first-order chi connectivity index (χ1) is 8.61. The van der Waals surface area contributed by atoms with Crippen molar-refractivity contribution >= 4 is 5.82 Å². The molecule has 0 saturated carbocycles. The van der Waals surface area contributed by atoms with Gasteiger partial charge in [-0.1, -0.05) is 13.8 Å². The average Bonchev–Trinajstić information content (AvgIpc) is 2.38. The zero-order valence-electron chi connectivity index (χ0n) is 11.4. The van der Waals surface area contributed by atoms with Gasteiger partial charge in [0, 0.05) is 12.2 Å². The van der Waals surface area contributed by atoms with Gasteiger partial charge >= 0.3 is 0 Å². The largest absolute Gasteiger partial charge is 0.392 e. The van der Waals surface area contributed by atoms with E-state index in [0.717, 1.165) is 36.8 Å². The van der Waals surface area contributed by atoms with Crippen LogP contribution in [0.15, 0.2) is 12.1 Å². The molecule has 18 heavy (non-hydrogen) atoms. The number of hydrogen-bond acceptors (Lipinski definition) is 4. The molecule has 1 saturated heterocycles. The Labute approximate surface area is 109 Å². The lowest BCUT2D eigenvalue weighted by atomic mass is 10.1. The predicted octanol–water partition coefficient (Wildman–Crippen LogP) is 1.92. The Hall–Kier alpha value is -1.13. The summed E-state index contributed by atoms with van der Waals surface area (Å²) in [5.41, 5.74) is 1.97. The molecule has 2 heterocycles. The number of ether oxygens (including phenoxy) is 1. The Bertz CT molecular complexity index is 407. The Balaban J connectivity index is 2.33. The fourth-order valence-corrected chi connectivity index (χ4v) is 2.20. The zero-order valence-corrected chi connectivity index (χ0v) is 11.4. The van der Waals surface area contributed by atoms with Gasteiger partial charge in [-0.05, 0) is 30.5 Å². The predicted molar refractivity (Wildman–Crippen MR) is 71.9 cm³/mol. The fourth-order valence-electron chi connectivity index (χ4n) is 2.20. The molecule has 0 amide bonds. The van der Waals surface area contributed by atoms with E-state index >= 15 is 0 Å². The molecular formula is C14H22N2O2. The van der Waals surface area contributed by atoms with Crippen molar-refractivity contribution < 1.29 is 9.84 Å². The van der Waals surface area contributed by atoms with E-state index in [-0.39, 0.29) is 6.61 Å². The van der Waals surface area contributed by atoms with Crippen molar-refractivity contribution in [3.63, 3.8) is 0 Å². The molecule has 0 bridgehead atoms. The van der Waals surface area contributed by atoms with E-state index in [1.807, 2.05) is 12.1 Å². The molecule has 1 aromatic rings. The fraction of sp³-hybridized carbons (Fsp3) is 0.643. The maximum absolute atomic E-state index is 9.36. The second-order valence-electron chi connectivity index (χ2n) is 5.19. The molecule has 1 atom stereocenters. The molecular weight excluding hydrogens is 228 g/mol. The first kappa shape index (κ1) is 13.3. The minimum Gasteiger partial charge on any atom is -0.392 e. The van der Waals surface area contributed by atoms with Gasteiger partial charge in [-0.15, -0.1) is 0 Å². The molecule has 4 nitrogen and oxygen atoms in total. The summed E-state index contributed by atoms with van der Waals surface area (Å²) in [5, 5.41) is 9.36. The highest BCUT2D eigenvalue weighted by molar-refractivity contribution is 5.44. The molecule has 0 spiro atoms. The topological polar surface area (TPSA) is 45.6 Å². The van der Waals surface area contributed by atoms with E-state index in [1.54, 1.807) is 0 Å². The number of anilines is 1. The Kier molecular flexibility index (Phi) is 4.19. The molecule has 1 N–H and O–H groups in total. The highest BCUT2D eigenvalue weighted by atomic mass is 16.5. The van der Waals surface area contributed by atoms with E-state index < -0.39 is 0 Å². The Morgan fingerprint density at radius 1 is 1.50 bits per heavy atom. The molecule has 0 radical (unpaired) electrons. The van der Waals surface area contributed by atoms with Gasteiger partial charge < -0.3 is 14.7 Å². The molecule has 100 valence electrons. The summed E-state index contributed by atoms with van der Waals surface area (Å²) in [5.74, 6) is 1.33. The van der Waals surface area contributed by atoms with Crippen LogP contribution in [0.4, 0.5) is 5.82 Å². The normalized spacial score (nSPS) is 20.5. The molecule has 1 aliphatic heterocycles. The van der Waals surface area contributed by atoms with Gasteiger partial charge in [0.15, 0.2) is 0 Å². The van der Waals surface area contributed by atoms with Gasteiger partial charge in [0.05, 0.1) is 25.9 Å². The monoisotopic (exact) mass is 250 g/mol. The SMILES string of the molecule is CC(C)c1cc(CO)cc(N2CCOCC2C)n1. The summed E-state index contributed by atoms with van der Waals surface area (Å²) >= 11 is 0. The highest BCUT2D eigenvalue weighted by Gasteiger charge is 2.21. The summed E-state index contributed by atoms with van der Waals surface area (Å²) in [7, 11) is 0. The molecule has 1 aliphatic rings. The standard InChI is InChI=1S/C14H22N2O2/c1-10(2)13-6-12(8-17)7-14(15-13)16-4-5-18-9-11(16)3/h6-7,10-11,17H,4-5,8-9H2,1-3H3. The Morgan fingerprint density at radius 2 is 2.28 bits per heavy atom. The second-order valence-corrected chi connectivity index (χ2v) is 5.19. The summed E-state index contributed by atoms with van der Waals surface area (Å²) in [6.07, 6.45) is 0. The number of nitrogens with zero attached hydrogens (tertiary/aromatic N) is 2. The number of rotatable bonds is 3. The Morgan fingerprint density at radius 3 is 2.89 bits per heavy atom. The van der Waals surface area contributed by atoms with E-state index in [0.29, 0.717) is 12.0 Å². The molecule has 1 fully saturated rings. The van der Waals surface area contributed by atoms with Gasteiger partial charge in [0.25, 0.3) is 0 Å². The molecule has 1 aromatic heterocycles. The summed E-state index contributed by atoms with van der Waals surface area (Å²) < 4.78 is 5.45. The van der Waals surface area contributed by atoms with Crippen molar-refractivity contribution in [2.75, 3.05) is 24.7 Å². The summed E-state index contributed by atoms with van der Waals surface area (Å²) in [6.45, 7) is 8.79. The number of aromatic nitrogens is 1. The second kappa shape index (κ2) is 5.67. The molecule has 0 aromatic carbocycles.